The molecule has 3 nitrogen and oxygen atoms in total. The fourth-order valence-corrected chi connectivity index (χ4v) is 1.84. The summed E-state index contributed by atoms with van der Waals surface area (Å²) in [6, 6.07) is 13.7. The molecule has 0 amide bonds. The number of rotatable bonds is 3. The Bertz CT molecular complexity index is 491. The Balaban J connectivity index is 2.38. The Labute approximate surface area is 88.3 Å². The molecule has 0 bridgehead atoms. The van der Waals surface area contributed by atoms with Gasteiger partial charge in [0.15, 0.2) is 0 Å². The van der Waals surface area contributed by atoms with Gasteiger partial charge in [-0.05, 0) is 16.3 Å². The molecule has 0 saturated heterocycles. The Morgan fingerprint density at radius 2 is 1.87 bits per heavy atom. The van der Waals surface area contributed by atoms with Crippen molar-refractivity contribution < 1.29 is 14.0 Å². The minimum absolute atomic E-state index is 0.176. The maximum Gasteiger partial charge on any atom is 0.316 e. The van der Waals surface area contributed by atoms with Crippen LogP contribution in [-0.2, 0) is 15.7 Å². The second kappa shape index (κ2) is 4.58. The molecule has 2 rings (SSSR count). The van der Waals surface area contributed by atoms with Crippen molar-refractivity contribution in [2.45, 2.75) is 6.61 Å². The van der Waals surface area contributed by atoms with Crippen LogP contribution in [0.4, 0.5) is 0 Å². The molecule has 0 spiro atoms. The molecule has 1 atom stereocenters. The van der Waals surface area contributed by atoms with E-state index in [4.69, 9.17) is 9.42 Å². The van der Waals surface area contributed by atoms with E-state index in [0.717, 1.165) is 16.3 Å². The molecular formula is C11H11O3P. The quantitative estimate of drug-likeness (QED) is 0.812. The highest BCUT2D eigenvalue weighted by Crippen LogP contribution is 2.23. The minimum atomic E-state index is -2.85. The van der Waals surface area contributed by atoms with E-state index in [9.17, 15) is 4.57 Å². The Morgan fingerprint density at radius 3 is 2.67 bits per heavy atom. The lowest BCUT2D eigenvalue weighted by Gasteiger charge is -2.05. The van der Waals surface area contributed by atoms with Crippen molar-refractivity contribution in [3.05, 3.63) is 48.0 Å². The second-order valence-electron chi connectivity index (χ2n) is 3.19. The maximum atomic E-state index is 10.5. The van der Waals surface area contributed by atoms with Crippen molar-refractivity contribution >= 4 is 19.0 Å². The third-order valence-electron chi connectivity index (χ3n) is 2.23. The van der Waals surface area contributed by atoms with Crippen LogP contribution in [0.15, 0.2) is 42.5 Å². The molecule has 15 heavy (non-hydrogen) atoms. The summed E-state index contributed by atoms with van der Waals surface area (Å²) in [6.45, 7) is 0.176. The Kier molecular flexibility index (Phi) is 3.17. The normalized spacial score (nSPS) is 12.9. The van der Waals surface area contributed by atoms with Crippen LogP contribution in [0.1, 0.15) is 5.56 Å². The molecule has 0 aliphatic heterocycles. The van der Waals surface area contributed by atoms with Gasteiger partial charge in [0.25, 0.3) is 0 Å². The first-order valence-corrected chi connectivity index (χ1v) is 5.86. The number of hydrogen-bond acceptors (Lipinski definition) is 2. The van der Waals surface area contributed by atoms with Gasteiger partial charge in [-0.15, -0.1) is 0 Å². The topological polar surface area (TPSA) is 46.5 Å². The predicted molar refractivity (Wildman–Crippen MR) is 60.0 cm³/mol. The number of fused-ring (bicyclic) bond motifs is 1. The fraction of sp³-hybridized carbons (Fsp3) is 0.0909. The van der Waals surface area contributed by atoms with Crippen molar-refractivity contribution in [2.75, 3.05) is 0 Å². The molecule has 4 heteroatoms. The standard InChI is InChI=1S/C11H11O3P/c12-15(13)14-8-10-6-3-5-9-4-1-2-7-11(9)10/h1-7,15H,8H2,(H,12,13). The van der Waals surface area contributed by atoms with Crippen LogP contribution in [-0.4, -0.2) is 4.89 Å². The van der Waals surface area contributed by atoms with Crippen molar-refractivity contribution in [1.82, 2.24) is 0 Å². The third-order valence-corrected chi connectivity index (χ3v) is 2.62. The van der Waals surface area contributed by atoms with Gasteiger partial charge in [0.1, 0.15) is 0 Å². The van der Waals surface area contributed by atoms with E-state index < -0.39 is 8.25 Å². The summed E-state index contributed by atoms with van der Waals surface area (Å²) in [5.74, 6) is 0. The zero-order valence-electron chi connectivity index (χ0n) is 8.01. The molecule has 0 aromatic heterocycles. The number of hydrogen-bond donors (Lipinski definition) is 1. The summed E-state index contributed by atoms with van der Waals surface area (Å²) in [5.41, 5.74) is 0.931. The highest BCUT2D eigenvalue weighted by molar-refractivity contribution is 7.32. The van der Waals surface area contributed by atoms with Gasteiger partial charge in [0, 0.05) is 0 Å². The first-order valence-electron chi connectivity index (χ1n) is 4.60. The van der Waals surface area contributed by atoms with Crippen LogP contribution in [0.5, 0.6) is 0 Å². The second-order valence-corrected chi connectivity index (χ2v) is 4.01. The van der Waals surface area contributed by atoms with E-state index >= 15 is 0 Å². The van der Waals surface area contributed by atoms with E-state index in [0.29, 0.717) is 0 Å². The summed E-state index contributed by atoms with van der Waals surface area (Å²) in [4.78, 5) is 8.61. The number of benzene rings is 2. The molecule has 78 valence electrons. The van der Waals surface area contributed by atoms with Gasteiger partial charge >= 0.3 is 8.25 Å². The first-order chi connectivity index (χ1) is 7.27. The molecule has 0 heterocycles. The average Bonchev–Trinajstić information content (AvgIpc) is 2.26. The van der Waals surface area contributed by atoms with Crippen LogP contribution in [0.2, 0.25) is 0 Å². The summed E-state index contributed by atoms with van der Waals surface area (Å²) in [5, 5.41) is 2.17. The lowest BCUT2D eigenvalue weighted by Crippen LogP contribution is -1.87. The summed E-state index contributed by atoms with van der Waals surface area (Å²) in [7, 11) is -2.85. The summed E-state index contributed by atoms with van der Waals surface area (Å²) in [6.07, 6.45) is 0. The van der Waals surface area contributed by atoms with Gasteiger partial charge in [-0.1, -0.05) is 42.5 Å². The monoisotopic (exact) mass is 222 g/mol. The minimum Gasteiger partial charge on any atom is -0.326 e. The van der Waals surface area contributed by atoms with Crippen LogP contribution in [0.25, 0.3) is 10.8 Å². The summed E-state index contributed by atoms with van der Waals surface area (Å²) >= 11 is 0. The lowest BCUT2D eigenvalue weighted by atomic mass is 10.1. The van der Waals surface area contributed by atoms with Crippen LogP contribution in [0.3, 0.4) is 0 Å². The van der Waals surface area contributed by atoms with E-state index in [-0.39, 0.29) is 6.61 Å². The SMILES string of the molecule is O=[PH](O)OCc1cccc2ccccc12. The van der Waals surface area contributed by atoms with E-state index in [1.54, 1.807) is 0 Å². The van der Waals surface area contributed by atoms with Crippen LogP contribution >= 0.6 is 8.25 Å². The van der Waals surface area contributed by atoms with Gasteiger partial charge in [-0.2, -0.15) is 0 Å². The molecule has 0 radical (unpaired) electrons. The van der Waals surface area contributed by atoms with Gasteiger partial charge < -0.3 is 9.42 Å². The molecule has 2 aromatic rings. The summed E-state index contributed by atoms with van der Waals surface area (Å²) < 4.78 is 15.2. The molecule has 0 saturated carbocycles. The molecule has 1 N–H and O–H groups in total. The molecule has 0 aliphatic carbocycles. The zero-order valence-corrected chi connectivity index (χ0v) is 9.01. The van der Waals surface area contributed by atoms with Gasteiger partial charge in [0.2, 0.25) is 0 Å². The van der Waals surface area contributed by atoms with E-state index in [2.05, 4.69) is 0 Å². The first kappa shape index (κ1) is 10.4. The van der Waals surface area contributed by atoms with Crippen LogP contribution < -0.4 is 0 Å². The molecule has 0 fully saturated rings. The van der Waals surface area contributed by atoms with Crippen molar-refractivity contribution in [2.24, 2.45) is 0 Å². The Hall–Kier alpha value is -1.15. The van der Waals surface area contributed by atoms with E-state index in [1.807, 2.05) is 42.5 Å². The highest BCUT2D eigenvalue weighted by atomic mass is 31.1. The molecular weight excluding hydrogens is 211 g/mol. The lowest BCUT2D eigenvalue weighted by molar-refractivity contribution is 0.273. The van der Waals surface area contributed by atoms with Crippen molar-refractivity contribution in [3.63, 3.8) is 0 Å². The van der Waals surface area contributed by atoms with Crippen molar-refractivity contribution in [1.29, 1.82) is 0 Å². The molecule has 0 aliphatic rings. The fourth-order valence-electron chi connectivity index (χ4n) is 1.56. The maximum absolute atomic E-state index is 10.5. The van der Waals surface area contributed by atoms with Gasteiger partial charge in [0.05, 0.1) is 6.61 Å². The van der Waals surface area contributed by atoms with Crippen molar-refractivity contribution in [3.8, 4) is 0 Å². The highest BCUT2D eigenvalue weighted by Gasteiger charge is 2.01. The predicted octanol–water partition coefficient (Wildman–Crippen LogP) is 2.74. The zero-order chi connectivity index (χ0) is 10.7. The Morgan fingerprint density at radius 1 is 1.13 bits per heavy atom. The van der Waals surface area contributed by atoms with Gasteiger partial charge in [-0.3, -0.25) is 4.57 Å². The molecule has 2 aromatic carbocycles. The average molecular weight is 222 g/mol. The largest absolute Gasteiger partial charge is 0.326 e. The van der Waals surface area contributed by atoms with E-state index in [1.165, 1.54) is 0 Å². The smallest absolute Gasteiger partial charge is 0.316 e. The third kappa shape index (κ3) is 2.45. The van der Waals surface area contributed by atoms with Gasteiger partial charge in [-0.25, -0.2) is 0 Å². The molecule has 1 unspecified atom stereocenters. The van der Waals surface area contributed by atoms with Crippen LogP contribution in [0, 0.1) is 0 Å².